The van der Waals surface area contributed by atoms with Gasteiger partial charge in [-0.2, -0.15) is 5.10 Å². The number of hydrogen-bond donors (Lipinski definition) is 2. The van der Waals surface area contributed by atoms with Crippen molar-refractivity contribution in [1.29, 1.82) is 0 Å². The summed E-state index contributed by atoms with van der Waals surface area (Å²) in [5, 5.41) is 10.8. The minimum Gasteiger partial charge on any atom is -0.383 e. The number of aliphatic imine (C=N–C) groups is 1. The van der Waals surface area contributed by atoms with E-state index in [2.05, 4.69) is 20.7 Å². The molecule has 0 atom stereocenters. The average Bonchev–Trinajstić information content (AvgIpc) is 3.03. The number of rotatable bonds is 7. The Labute approximate surface area is 158 Å². The van der Waals surface area contributed by atoms with Gasteiger partial charge in [-0.05, 0) is 30.3 Å². The summed E-state index contributed by atoms with van der Waals surface area (Å²) in [5.74, 6) is 0.484. The molecule has 2 rings (SSSR count). The van der Waals surface area contributed by atoms with Crippen LogP contribution in [0.15, 0.2) is 41.5 Å². The molecule has 0 saturated heterocycles. The van der Waals surface area contributed by atoms with E-state index in [9.17, 15) is 4.39 Å². The minimum absolute atomic E-state index is 0. The van der Waals surface area contributed by atoms with Gasteiger partial charge in [0.05, 0.1) is 18.0 Å². The Balaban J connectivity index is 0.00000288. The van der Waals surface area contributed by atoms with E-state index in [1.807, 2.05) is 12.3 Å². The van der Waals surface area contributed by atoms with Crippen LogP contribution in [-0.4, -0.2) is 49.6 Å². The Morgan fingerprint density at radius 1 is 1.21 bits per heavy atom. The molecule has 1 aromatic carbocycles. The molecule has 0 radical (unpaired) electrons. The van der Waals surface area contributed by atoms with Crippen molar-refractivity contribution in [2.75, 3.05) is 33.9 Å². The van der Waals surface area contributed by atoms with Crippen molar-refractivity contribution in [3.8, 4) is 5.69 Å². The van der Waals surface area contributed by atoms with Gasteiger partial charge in [-0.25, -0.2) is 9.07 Å². The van der Waals surface area contributed by atoms with Crippen LogP contribution in [0.5, 0.6) is 0 Å². The maximum Gasteiger partial charge on any atom is 0.191 e. The maximum atomic E-state index is 12.9. The Bertz CT molecular complexity index is 630. The molecule has 0 aliphatic carbocycles. The summed E-state index contributed by atoms with van der Waals surface area (Å²) in [4.78, 5) is 4.13. The summed E-state index contributed by atoms with van der Waals surface area (Å²) in [6, 6.07) is 8.20. The third-order valence-corrected chi connectivity index (χ3v) is 3.23. The highest BCUT2D eigenvalue weighted by molar-refractivity contribution is 14.0. The average molecular weight is 447 g/mol. The van der Waals surface area contributed by atoms with Crippen molar-refractivity contribution in [3.63, 3.8) is 0 Å². The van der Waals surface area contributed by atoms with Gasteiger partial charge >= 0.3 is 0 Å². The summed E-state index contributed by atoms with van der Waals surface area (Å²) in [6.45, 7) is 2.05. The van der Waals surface area contributed by atoms with Gasteiger partial charge in [0.2, 0.25) is 0 Å². The highest BCUT2D eigenvalue weighted by atomic mass is 127. The second kappa shape index (κ2) is 11.0. The largest absolute Gasteiger partial charge is 0.383 e. The van der Waals surface area contributed by atoms with Gasteiger partial charge in [0.25, 0.3) is 0 Å². The van der Waals surface area contributed by atoms with Gasteiger partial charge in [-0.15, -0.1) is 24.0 Å². The van der Waals surface area contributed by atoms with Crippen molar-refractivity contribution in [3.05, 3.63) is 48.0 Å². The lowest BCUT2D eigenvalue weighted by Gasteiger charge is -2.10. The van der Waals surface area contributed by atoms with Crippen LogP contribution in [0.25, 0.3) is 5.69 Å². The SMILES string of the molecule is CN=C(NCCOC)NCCc1ccn(-c2ccc(F)cc2)n1.I. The molecule has 0 saturated carbocycles. The molecule has 2 N–H and O–H groups in total. The van der Waals surface area contributed by atoms with Gasteiger partial charge in [0.1, 0.15) is 5.82 Å². The summed E-state index contributed by atoms with van der Waals surface area (Å²) in [6.07, 6.45) is 2.63. The highest BCUT2D eigenvalue weighted by Crippen LogP contribution is 2.09. The second-order valence-electron chi connectivity index (χ2n) is 4.90. The third kappa shape index (κ3) is 6.44. The van der Waals surface area contributed by atoms with Crippen molar-refractivity contribution in [1.82, 2.24) is 20.4 Å². The molecule has 0 aliphatic rings. The molecule has 0 aliphatic heterocycles. The number of nitrogens with zero attached hydrogens (tertiary/aromatic N) is 3. The molecule has 0 fully saturated rings. The fourth-order valence-corrected chi connectivity index (χ4v) is 2.03. The highest BCUT2D eigenvalue weighted by Gasteiger charge is 2.03. The number of methoxy groups -OCH3 is 1. The van der Waals surface area contributed by atoms with Crippen LogP contribution in [-0.2, 0) is 11.2 Å². The molecule has 132 valence electrons. The fraction of sp³-hybridized carbons (Fsp3) is 0.375. The molecular formula is C16H23FIN5O. The van der Waals surface area contributed by atoms with Crippen LogP contribution in [0.2, 0.25) is 0 Å². The Morgan fingerprint density at radius 3 is 2.58 bits per heavy atom. The quantitative estimate of drug-likeness (QED) is 0.295. The summed E-state index contributed by atoms with van der Waals surface area (Å²) >= 11 is 0. The first-order chi connectivity index (χ1) is 11.2. The number of guanidine groups is 1. The standard InChI is InChI=1S/C16H22FN5O.HI/c1-18-16(20-10-12-23-2)19-9-7-14-8-11-22(21-14)15-5-3-13(17)4-6-15;/h3-6,8,11H,7,9-10,12H2,1-2H3,(H2,18,19,20);1H. The first kappa shape index (κ1) is 20.4. The maximum absolute atomic E-state index is 12.9. The Kier molecular flexibility index (Phi) is 9.31. The van der Waals surface area contributed by atoms with Crippen LogP contribution >= 0.6 is 24.0 Å². The predicted octanol–water partition coefficient (Wildman–Crippen LogP) is 1.98. The van der Waals surface area contributed by atoms with Gasteiger partial charge in [-0.1, -0.05) is 0 Å². The lowest BCUT2D eigenvalue weighted by Crippen LogP contribution is -2.39. The molecule has 0 amide bonds. The molecule has 1 aromatic heterocycles. The van der Waals surface area contributed by atoms with Gasteiger partial charge < -0.3 is 15.4 Å². The number of ether oxygens (including phenoxy) is 1. The first-order valence-corrected chi connectivity index (χ1v) is 7.47. The normalized spacial score (nSPS) is 11.0. The lowest BCUT2D eigenvalue weighted by atomic mass is 10.3. The fourth-order valence-electron chi connectivity index (χ4n) is 2.03. The minimum atomic E-state index is -0.252. The van der Waals surface area contributed by atoms with E-state index in [0.717, 1.165) is 23.8 Å². The molecular weight excluding hydrogens is 424 g/mol. The summed E-state index contributed by atoms with van der Waals surface area (Å²) in [7, 11) is 3.39. The van der Waals surface area contributed by atoms with Crippen LogP contribution in [0.4, 0.5) is 4.39 Å². The molecule has 1 heterocycles. The van der Waals surface area contributed by atoms with Crippen molar-refractivity contribution >= 4 is 29.9 Å². The van der Waals surface area contributed by atoms with Gasteiger partial charge in [-0.3, -0.25) is 4.99 Å². The molecule has 8 heteroatoms. The number of hydrogen-bond acceptors (Lipinski definition) is 3. The summed E-state index contributed by atoms with van der Waals surface area (Å²) in [5.41, 5.74) is 1.79. The van der Waals surface area contributed by atoms with Crippen LogP contribution in [0, 0.1) is 5.82 Å². The van der Waals surface area contributed by atoms with Crippen LogP contribution in [0.1, 0.15) is 5.69 Å². The van der Waals surface area contributed by atoms with Crippen LogP contribution in [0.3, 0.4) is 0 Å². The van der Waals surface area contributed by atoms with Crippen molar-refractivity contribution < 1.29 is 9.13 Å². The Hall–Kier alpha value is -1.68. The zero-order valence-corrected chi connectivity index (χ0v) is 16.2. The van der Waals surface area contributed by atoms with Crippen molar-refractivity contribution in [2.24, 2.45) is 4.99 Å². The molecule has 0 spiro atoms. The number of halogens is 2. The van der Waals surface area contributed by atoms with E-state index < -0.39 is 0 Å². The number of nitrogens with one attached hydrogen (secondary N) is 2. The monoisotopic (exact) mass is 447 g/mol. The zero-order chi connectivity index (χ0) is 16.5. The molecule has 0 bridgehead atoms. The molecule has 2 aromatic rings. The van der Waals surface area contributed by atoms with E-state index in [1.54, 1.807) is 31.0 Å². The third-order valence-electron chi connectivity index (χ3n) is 3.23. The predicted molar refractivity (Wildman–Crippen MR) is 104 cm³/mol. The second-order valence-corrected chi connectivity index (χ2v) is 4.90. The summed E-state index contributed by atoms with van der Waals surface area (Å²) < 4.78 is 19.6. The van der Waals surface area contributed by atoms with E-state index >= 15 is 0 Å². The van der Waals surface area contributed by atoms with E-state index in [1.165, 1.54) is 12.1 Å². The zero-order valence-electron chi connectivity index (χ0n) is 13.8. The molecule has 0 unspecified atom stereocenters. The Morgan fingerprint density at radius 2 is 1.92 bits per heavy atom. The smallest absolute Gasteiger partial charge is 0.191 e. The van der Waals surface area contributed by atoms with Crippen molar-refractivity contribution in [2.45, 2.75) is 6.42 Å². The van der Waals surface area contributed by atoms with Gasteiger partial charge in [0, 0.05) is 39.9 Å². The molecule has 24 heavy (non-hydrogen) atoms. The molecule has 6 nitrogen and oxygen atoms in total. The van der Waals surface area contributed by atoms with E-state index in [0.29, 0.717) is 19.7 Å². The topological polar surface area (TPSA) is 63.5 Å². The van der Waals surface area contributed by atoms with Gasteiger partial charge in [0.15, 0.2) is 5.96 Å². The van der Waals surface area contributed by atoms with Crippen LogP contribution < -0.4 is 10.6 Å². The number of benzene rings is 1. The van der Waals surface area contributed by atoms with E-state index in [-0.39, 0.29) is 29.8 Å². The lowest BCUT2D eigenvalue weighted by molar-refractivity contribution is 0.203. The number of aromatic nitrogens is 2. The first-order valence-electron chi connectivity index (χ1n) is 7.47. The van der Waals surface area contributed by atoms with E-state index in [4.69, 9.17) is 4.74 Å².